The zero-order chi connectivity index (χ0) is 62.2. The average Bonchev–Trinajstić information content (AvgIpc) is 0.774. The predicted octanol–water partition coefficient (Wildman–Crippen LogP) is 24.4. The normalized spacial score (nSPS) is 11.7. The van der Waals surface area contributed by atoms with Gasteiger partial charge in [0.05, 0.1) is 17.1 Å². The lowest BCUT2D eigenvalue weighted by molar-refractivity contribution is 0.590. The van der Waals surface area contributed by atoms with Gasteiger partial charge < -0.3 is 0 Å². The molecule has 0 unspecified atom stereocenters. The molecule has 13 aromatic rings. The van der Waals surface area contributed by atoms with E-state index in [1.807, 2.05) is 0 Å². The Morgan fingerprint density at radius 2 is 0.407 bits per heavy atom. The summed E-state index contributed by atoms with van der Waals surface area (Å²) in [6, 6.07) is 99.6. The minimum Gasteiger partial charge on any atom is -0.256 e. The summed E-state index contributed by atoms with van der Waals surface area (Å²) >= 11 is 0. The molecule has 0 saturated carbocycles. The molecule has 13 rings (SSSR count). The standard InChI is InChI=1S/C87H75N3.CH4/c1-85(2,3)67-40-43-70(76(49-67)79-55-88-82(61-34-22-13-23-35-61)52-73(79)58-28-16-10-17-29-58)64-46-65(71-44-41-68(86(4,5)6)50-77(71)80-56-89-83(62-36-24-14-25-37-62)53-74(80)59-30-18-11-19-31-59)48-66(47-64)72-45-42-69(87(7,8)9)51-78(72)81-57-90-84(63-38-26-15-27-39-63)54-75(81)60-32-20-12-21-33-60;/h10-57H,1-9H3;1H4. The van der Waals surface area contributed by atoms with Crippen LogP contribution in [-0.4, -0.2) is 15.0 Å². The molecule has 3 nitrogen and oxygen atoms in total. The van der Waals surface area contributed by atoms with Gasteiger partial charge in [-0.3, -0.25) is 15.0 Å². The first-order valence-electron chi connectivity index (χ1n) is 31.5. The lowest BCUT2D eigenvalue weighted by Crippen LogP contribution is -2.11. The van der Waals surface area contributed by atoms with Crippen LogP contribution in [0.15, 0.2) is 292 Å². The minimum atomic E-state index is -0.154. The maximum absolute atomic E-state index is 5.32. The maximum Gasteiger partial charge on any atom is 0.0708 e. The molecule has 0 bridgehead atoms. The average molecular weight is 1180 g/mol. The minimum absolute atomic E-state index is 0. The van der Waals surface area contributed by atoms with Crippen molar-refractivity contribution in [3.8, 4) is 134 Å². The Morgan fingerprint density at radius 3 is 0.626 bits per heavy atom. The van der Waals surface area contributed by atoms with Gasteiger partial charge in [0.1, 0.15) is 0 Å². The number of nitrogens with zero attached hydrogens (tertiary/aromatic N) is 3. The Morgan fingerprint density at radius 1 is 0.187 bits per heavy atom. The fourth-order valence-corrected chi connectivity index (χ4v) is 12.4. The van der Waals surface area contributed by atoms with Gasteiger partial charge in [0.15, 0.2) is 0 Å². The van der Waals surface area contributed by atoms with Gasteiger partial charge in [0.25, 0.3) is 0 Å². The SMILES string of the molecule is C.CC(C)(C)c1ccc(-c2cc(-c3ccc(C(C)(C)C)cc3-c3cnc(-c4ccccc4)cc3-c3ccccc3)cc(-c3ccc(C(C)(C)C)cc3-c3cnc(-c4ccccc4)cc3-c3ccccc3)c2)c(-c2cnc(-c3ccccc3)cc2-c2ccccc2)c1. The summed E-state index contributed by atoms with van der Waals surface area (Å²) in [6.07, 6.45) is 6.34. The van der Waals surface area contributed by atoms with E-state index in [0.29, 0.717) is 0 Å². The number of benzene rings is 10. The number of hydrogen-bond acceptors (Lipinski definition) is 3. The Kier molecular flexibility index (Phi) is 16.9. The van der Waals surface area contributed by atoms with Gasteiger partial charge >= 0.3 is 0 Å². The number of hydrogen-bond donors (Lipinski definition) is 0. The number of rotatable bonds is 12. The molecular weight excluding hydrogens is 1100 g/mol. The largest absolute Gasteiger partial charge is 0.256 e. The lowest BCUT2D eigenvalue weighted by Gasteiger charge is -2.25. The van der Waals surface area contributed by atoms with Gasteiger partial charge in [0.2, 0.25) is 0 Å². The topological polar surface area (TPSA) is 38.7 Å². The predicted molar refractivity (Wildman–Crippen MR) is 388 cm³/mol. The van der Waals surface area contributed by atoms with Crippen LogP contribution < -0.4 is 0 Å². The highest BCUT2D eigenvalue weighted by atomic mass is 14.7. The van der Waals surface area contributed by atoms with E-state index in [1.54, 1.807) is 0 Å². The fourth-order valence-electron chi connectivity index (χ4n) is 12.4. The third kappa shape index (κ3) is 12.8. The van der Waals surface area contributed by atoms with Crippen molar-refractivity contribution in [2.75, 3.05) is 0 Å². The van der Waals surface area contributed by atoms with Crippen molar-refractivity contribution in [1.29, 1.82) is 0 Å². The van der Waals surface area contributed by atoms with Gasteiger partial charge in [-0.25, -0.2) is 0 Å². The second kappa shape index (κ2) is 25.3. The summed E-state index contributed by atoms with van der Waals surface area (Å²) in [5.41, 5.74) is 29.1. The first-order chi connectivity index (χ1) is 43.5. The van der Waals surface area contributed by atoms with Gasteiger partial charge in [-0.2, -0.15) is 0 Å². The van der Waals surface area contributed by atoms with Crippen LogP contribution >= 0.6 is 0 Å². The molecule has 0 atom stereocenters. The summed E-state index contributed by atoms with van der Waals surface area (Å²) in [7, 11) is 0. The van der Waals surface area contributed by atoms with Crippen LogP contribution in [0.4, 0.5) is 0 Å². The highest BCUT2D eigenvalue weighted by Gasteiger charge is 2.26. The molecule has 0 aliphatic rings. The van der Waals surface area contributed by atoms with Gasteiger partial charge in [-0.1, -0.05) is 288 Å². The molecule has 0 aliphatic heterocycles. The molecule has 0 aliphatic carbocycles. The molecule has 0 saturated heterocycles. The van der Waals surface area contributed by atoms with Crippen molar-refractivity contribution >= 4 is 0 Å². The van der Waals surface area contributed by atoms with Crippen molar-refractivity contribution in [1.82, 2.24) is 15.0 Å². The van der Waals surface area contributed by atoms with E-state index < -0.39 is 0 Å². The summed E-state index contributed by atoms with van der Waals surface area (Å²) in [4.78, 5) is 16.0. The molecule has 446 valence electrons. The molecule has 3 aromatic heterocycles. The summed E-state index contributed by atoms with van der Waals surface area (Å²) < 4.78 is 0. The first kappa shape index (κ1) is 60.9. The third-order valence-corrected chi connectivity index (χ3v) is 17.6. The lowest BCUT2D eigenvalue weighted by atomic mass is 9.79. The highest BCUT2D eigenvalue weighted by molar-refractivity contribution is 6.00. The van der Waals surface area contributed by atoms with Crippen LogP contribution in [-0.2, 0) is 16.2 Å². The van der Waals surface area contributed by atoms with Crippen LogP contribution in [0, 0.1) is 0 Å². The van der Waals surface area contributed by atoms with Crippen LogP contribution in [0.25, 0.3) is 134 Å². The molecule has 0 amide bonds. The summed E-state index contributed by atoms with van der Waals surface area (Å²) in [6.45, 7) is 20.8. The van der Waals surface area contributed by atoms with Crippen molar-refractivity contribution in [2.45, 2.75) is 86.0 Å². The molecule has 3 heterocycles. The van der Waals surface area contributed by atoms with E-state index in [9.17, 15) is 0 Å². The van der Waals surface area contributed by atoms with E-state index in [2.05, 4.69) is 354 Å². The summed E-state index contributed by atoms with van der Waals surface area (Å²) in [5.74, 6) is 0. The molecule has 0 radical (unpaired) electrons. The first-order valence-corrected chi connectivity index (χ1v) is 31.5. The quantitative estimate of drug-likeness (QED) is 0.122. The molecule has 3 heteroatoms. The van der Waals surface area contributed by atoms with E-state index in [0.717, 1.165) is 134 Å². The van der Waals surface area contributed by atoms with Gasteiger partial charge in [-0.15, -0.1) is 0 Å². The van der Waals surface area contributed by atoms with E-state index >= 15 is 0 Å². The Balaban J connectivity index is 0.00000800. The Labute approximate surface area is 540 Å². The van der Waals surface area contributed by atoms with Crippen LogP contribution in [0.1, 0.15) is 86.4 Å². The smallest absolute Gasteiger partial charge is 0.0708 e. The highest BCUT2D eigenvalue weighted by Crippen LogP contribution is 2.49. The van der Waals surface area contributed by atoms with E-state index in [-0.39, 0.29) is 23.7 Å². The number of aromatic nitrogens is 3. The molecular formula is C88H79N3. The van der Waals surface area contributed by atoms with Gasteiger partial charge in [-0.05, 0) is 171 Å². The zero-order valence-electron chi connectivity index (χ0n) is 53.1. The Hall–Kier alpha value is -10.4. The van der Waals surface area contributed by atoms with Crippen molar-refractivity contribution in [2.24, 2.45) is 0 Å². The monoisotopic (exact) mass is 1180 g/mol. The third-order valence-electron chi connectivity index (χ3n) is 17.6. The molecule has 0 spiro atoms. The van der Waals surface area contributed by atoms with Crippen molar-refractivity contribution in [3.63, 3.8) is 0 Å². The number of pyridine rings is 3. The second-order valence-electron chi connectivity index (χ2n) is 26.9. The fraction of sp³-hybridized carbons (Fsp3) is 0.148. The van der Waals surface area contributed by atoms with Gasteiger partial charge in [0, 0.05) is 52.0 Å². The molecule has 0 N–H and O–H groups in total. The van der Waals surface area contributed by atoms with E-state index in [1.165, 1.54) is 16.7 Å². The van der Waals surface area contributed by atoms with E-state index in [4.69, 9.17) is 15.0 Å². The van der Waals surface area contributed by atoms with Crippen LogP contribution in [0.3, 0.4) is 0 Å². The zero-order valence-corrected chi connectivity index (χ0v) is 53.1. The van der Waals surface area contributed by atoms with Crippen molar-refractivity contribution < 1.29 is 0 Å². The molecule has 91 heavy (non-hydrogen) atoms. The maximum atomic E-state index is 5.32. The van der Waals surface area contributed by atoms with Crippen molar-refractivity contribution in [3.05, 3.63) is 308 Å². The molecule has 0 fully saturated rings. The van der Waals surface area contributed by atoms with Crippen LogP contribution in [0.5, 0.6) is 0 Å². The Bertz CT molecular complexity index is 4210. The van der Waals surface area contributed by atoms with Crippen LogP contribution in [0.2, 0.25) is 0 Å². The molecule has 10 aromatic carbocycles. The second-order valence-corrected chi connectivity index (χ2v) is 26.9. The summed E-state index contributed by atoms with van der Waals surface area (Å²) in [5, 5.41) is 0.